The van der Waals surface area contributed by atoms with Crippen molar-refractivity contribution in [2.75, 3.05) is 0 Å². The van der Waals surface area contributed by atoms with Crippen LogP contribution in [0.1, 0.15) is 10.7 Å². The summed E-state index contributed by atoms with van der Waals surface area (Å²) in [5, 5.41) is 2.78. The SMILES string of the molecule is Cc1csc(CS(=O)c2ccc(F)cc2)n1. The lowest BCUT2D eigenvalue weighted by molar-refractivity contribution is 0.626. The van der Waals surface area contributed by atoms with Gasteiger partial charge in [-0.2, -0.15) is 0 Å². The van der Waals surface area contributed by atoms with Gasteiger partial charge in [0.15, 0.2) is 0 Å². The van der Waals surface area contributed by atoms with Crippen LogP contribution in [-0.4, -0.2) is 9.19 Å². The van der Waals surface area contributed by atoms with Crippen molar-refractivity contribution >= 4 is 22.1 Å². The number of rotatable bonds is 3. The highest BCUT2D eigenvalue weighted by Crippen LogP contribution is 2.16. The van der Waals surface area contributed by atoms with Crippen LogP contribution in [0.25, 0.3) is 0 Å². The van der Waals surface area contributed by atoms with Gasteiger partial charge in [-0.25, -0.2) is 9.37 Å². The topological polar surface area (TPSA) is 30.0 Å². The Balaban J connectivity index is 2.11. The number of nitrogens with zero attached hydrogens (tertiary/aromatic N) is 1. The number of benzene rings is 1. The summed E-state index contributed by atoms with van der Waals surface area (Å²) in [5.41, 5.74) is 0.941. The molecule has 0 amide bonds. The Morgan fingerprint density at radius 1 is 1.38 bits per heavy atom. The Morgan fingerprint density at radius 3 is 2.62 bits per heavy atom. The van der Waals surface area contributed by atoms with Gasteiger partial charge in [0.25, 0.3) is 0 Å². The molecule has 2 nitrogen and oxygen atoms in total. The Morgan fingerprint density at radius 2 is 2.06 bits per heavy atom. The van der Waals surface area contributed by atoms with Gasteiger partial charge in [0.05, 0.1) is 16.6 Å². The molecule has 0 aliphatic rings. The third-order valence-electron chi connectivity index (χ3n) is 2.00. The summed E-state index contributed by atoms with van der Waals surface area (Å²) in [4.78, 5) is 4.88. The van der Waals surface area contributed by atoms with Gasteiger partial charge in [-0.1, -0.05) is 0 Å². The maximum atomic E-state index is 12.7. The zero-order valence-corrected chi connectivity index (χ0v) is 10.3. The highest BCUT2D eigenvalue weighted by atomic mass is 32.2. The van der Waals surface area contributed by atoms with Crippen molar-refractivity contribution in [1.82, 2.24) is 4.98 Å². The number of halogens is 1. The molecule has 1 atom stereocenters. The van der Waals surface area contributed by atoms with Gasteiger partial charge in [0.2, 0.25) is 0 Å². The zero-order chi connectivity index (χ0) is 11.5. The molecule has 5 heteroatoms. The fraction of sp³-hybridized carbons (Fsp3) is 0.182. The quantitative estimate of drug-likeness (QED) is 0.844. The lowest BCUT2D eigenvalue weighted by atomic mass is 10.4. The van der Waals surface area contributed by atoms with Crippen molar-refractivity contribution in [2.24, 2.45) is 0 Å². The van der Waals surface area contributed by atoms with Crippen LogP contribution in [0.15, 0.2) is 34.5 Å². The van der Waals surface area contributed by atoms with Crippen LogP contribution < -0.4 is 0 Å². The molecule has 1 heterocycles. The summed E-state index contributed by atoms with van der Waals surface area (Å²) in [5.74, 6) is 0.0790. The number of aromatic nitrogens is 1. The van der Waals surface area contributed by atoms with Crippen LogP contribution >= 0.6 is 11.3 Å². The molecule has 2 aromatic rings. The molecule has 0 aliphatic heterocycles. The van der Waals surface area contributed by atoms with E-state index < -0.39 is 10.8 Å². The van der Waals surface area contributed by atoms with Crippen LogP contribution in [0.2, 0.25) is 0 Å². The van der Waals surface area contributed by atoms with E-state index in [1.807, 2.05) is 12.3 Å². The molecule has 2 rings (SSSR count). The van der Waals surface area contributed by atoms with E-state index in [0.29, 0.717) is 10.6 Å². The van der Waals surface area contributed by atoms with Crippen LogP contribution in [0.4, 0.5) is 4.39 Å². The average Bonchev–Trinajstić information content (AvgIpc) is 2.65. The Bertz CT molecular complexity index is 507. The third-order valence-corrected chi connectivity index (χ3v) is 4.48. The van der Waals surface area contributed by atoms with E-state index in [1.54, 1.807) is 12.1 Å². The highest BCUT2D eigenvalue weighted by molar-refractivity contribution is 7.84. The fourth-order valence-corrected chi connectivity index (χ4v) is 3.30. The van der Waals surface area contributed by atoms with Crippen molar-refractivity contribution in [3.63, 3.8) is 0 Å². The Kier molecular flexibility index (Phi) is 3.46. The molecule has 0 bridgehead atoms. The van der Waals surface area contributed by atoms with Crippen molar-refractivity contribution in [3.8, 4) is 0 Å². The molecule has 1 unspecified atom stereocenters. The van der Waals surface area contributed by atoms with Crippen LogP contribution in [0.5, 0.6) is 0 Å². The van der Waals surface area contributed by atoms with Crippen molar-refractivity contribution in [2.45, 2.75) is 17.6 Å². The molecule has 1 aromatic carbocycles. The van der Waals surface area contributed by atoms with Gasteiger partial charge in [0, 0.05) is 16.0 Å². The van der Waals surface area contributed by atoms with Gasteiger partial charge in [0.1, 0.15) is 10.8 Å². The van der Waals surface area contributed by atoms with Gasteiger partial charge >= 0.3 is 0 Å². The molecule has 1 aromatic heterocycles. The van der Waals surface area contributed by atoms with Gasteiger partial charge in [-0.15, -0.1) is 11.3 Å². The first-order chi connectivity index (χ1) is 7.65. The minimum absolute atomic E-state index is 0.314. The Hall–Kier alpha value is -1.07. The molecular weight excluding hydrogens is 245 g/mol. The highest BCUT2D eigenvalue weighted by Gasteiger charge is 2.07. The molecule has 0 fully saturated rings. The molecule has 0 spiro atoms. The third kappa shape index (κ3) is 2.74. The molecule has 0 saturated carbocycles. The summed E-state index contributed by atoms with van der Waals surface area (Å²) in [6.07, 6.45) is 0. The first-order valence-electron chi connectivity index (χ1n) is 4.70. The normalized spacial score (nSPS) is 12.6. The zero-order valence-electron chi connectivity index (χ0n) is 8.64. The summed E-state index contributed by atoms with van der Waals surface area (Å²) in [7, 11) is -1.15. The standard InChI is InChI=1S/C11H10FNOS2/c1-8-6-15-11(13-8)7-16(14)10-4-2-9(12)3-5-10/h2-6H,7H2,1H3. The second-order valence-corrected chi connectivity index (χ2v) is 5.72. The summed E-state index contributed by atoms with van der Waals surface area (Å²) >= 11 is 1.50. The lowest BCUT2D eigenvalue weighted by Gasteiger charge is -1.99. The lowest BCUT2D eigenvalue weighted by Crippen LogP contribution is -1.96. The predicted molar refractivity (Wildman–Crippen MR) is 63.4 cm³/mol. The van der Waals surface area contributed by atoms with E-state index in [4.69, 9.17) is 0 Å². The van der Waals surface area contributed by atoms with Crippen molar-refractivity contribution in [3.05, 3.63) is 46.2 Å². The van der Waals surface area contributed by atoms with E-state index in [2.05, 4.69) is 4.98 Å². The van der Waals surface area contributed by atoms with Crippen LogP contribution in [0.3, 0.4) is 0 Å². The first-order valence-corrected chi connectivity index (χ1v) is 6.90. The summed E-state index contributed by atoms with van der Waals surface area (Å²) < 4.78 is 24.6. The Labute approximate surface area is 99.6 Å². The smallest absolute Gasteiger partial charge is 0.123 e. The van der Waals surface area contributed by atoms with Gasteiger partial charge < -0.3 is 0 Å². The van der Waals surface area contributed by atoms with E-state index in [0.717, 1.165) is 10.7 Å². The van der Waals surface area contributed by atoms with Crippen molar-refractivity contribution in [1.29, 1.82) is 0 Å². The van der Waals surface area contributed by atoms with Crippen molar-refractivity contribution < 1.29 is 8.60 Å². The number of hydrogen-bond acceptors (Lipinski definition) is 3. The molecule has 0 saturated heterocycles. The average molecular weight is 255 g/mol. The number of thiazole rings is 1. The molecule has 0 aliphatic carbocycles. The number of aryl methyl sites for hydroxylation is 1. The molecule has 0 radical (unpaired) electrons. The second kappa shape index (κ2) is 4.84. The van der Waals surface area contributed by atoms with E-state index in [9.17, 15) is 8.60 Å². The second-order valence-electron chi connectivity index (χ2n) is 3.33. The van der Waals surface area contributed by atoms with Gasteiger partial charge in [-0.3, -0.25) is 4.21 Å². The molecule has 0 N–H and O–H groups in total. The van der Waals surface area contributed by atoms with E-state index in [-0.39, 0.29) is 5.82 Å². The van der Waals surface area contributed by atoms with Crippen LogP contribution in [0, 0.1) is 12.7 Å². The van der Waals surface area contributed by atoms with Crippen LogP contribution in [-0.2, 0) is 16.6 Å². The minimum atomic E-state index is -1.15. The molecule has 16 heavy (non-hydrogen) atoms. The largest absolute Gasteiger partial charge is 0.254 e. The van der Waals surface area contributed by atoms with Gasteiger partial charge in [-0.05, 0) is 31.2 Å². The fourth-order valence-electron chi connectivity index (χ4n) is 1.25. The maximum absolute atomic E-state index is 12.7. The van der Waals surface area contributed by atoms with E-state index >= 15 is 0 Å². The van der Waals surface area contributed by atoms with E-state index in [1.165, 1.54) is 23.5 Å². The predicted octanol–water partition coefficient (Wildman–Crippen LogP) is 2.90. The monoisotopic (exact) mass is 255 g/mol. The number of hydrogen-bond donors (Lipinski definition) is 0. The first kappa shape index (κ1) is 11.4. The summed E-state index contributed by atoms with van der Waals surface area (Å²) in [6, 6.07) is 5.73. The maximum Gasteiger partial charge on any atom is 0.123 e. The molecule has 84 valence electrons. The molecular formula is C11H10FNOS2. The summed E-state index contributed by atoms with van der Waals surface area (Å²) in [6.45, 7) is 1.90. The minimum Gasteiger partial charge on any atom is -0.254 e.